The molecule has 3 aromatic rings. The third kappa shape index (κ3) is 5.32. The van der Waals surface area contributed by atoms with Crippen molar-refractivity contribution in [3.8, 4) is 0 Å². The molecular weight excluding hydrogens is 392 g/mol. The van der Waals surface area contributed by atoms with Gasteiger partial charge in [0.15, 0.2) is 5.11 Å². The predicted octanol–water partition coefficient (Wildman–Crippen LogP) is 6.54. The van der Waals surface area contributed by atoms with E-state index < -0.39 is 0 Å². The minimum Gasteiger partial charge on any atom is -0.342 e. The molecule has 1 aromatic heterocycles. The summed E-state index contributed by atoms with van der Waals surface area (Å²) in [7, 11) is 0. The third-order valence-corrected chi connectivity index (χ3v) is 6.22. The zero-order chi connectivity index (χ0) is 19.2. The van der Waals surface area contributed by atoms with Crippen molar-refractivity contribution < 1.29 is 0 Å². The van der Waals surface area contributed by atoms with Crippen LogP contribution < -0.4 is 5.32 Å². The van der Waals surface area contributed by atoms with Crippen LogP contribution in [0.2, 0.25) is 5.02 Å². The van der Waals surface area contributed by atoms with Crippen LogP contribution in [0.3, 0.4) is 0 Å². The van der Waals surface area contributed by atoms with Crippen molar-refractivity contribution in [2.24, 2.45) is 0 Å². The lowest BCUT2D eigenvalue weighted by Crippen LogP contribution is -2.41. The van der Waals surface area contributed by atoms with Crippen molar-refractivity contribution in [3.63, 3.8) is 0 Å². The smallest absolute Gasteiger partial charge is 0.173 e. The first-order valence-electron chi connectivity index (χ1n) is 8.93. The largest absolute Gasteiger partial charge is 0.342 e. The molecule has 1 atom stereocenters. The Labute approximate surface area is 175 Å². The Balaban J connectivity index is 1.81. The molecule has 0 aliphatic carbocycles. The van der Waals surface area contributed by atoms with Crippen LogP contribution in [-0.2, 0) is 13.0 Å². The normalized spacial score (nSPS) is 11.8. The first-order chi connectivity index (χ1) is 13.0. The number of rotatable bonds is 6. The molecule has 0 aliphatic rings. The van der Waals surface area contributed by atoms with E-state index in [-0.39, 0.29) is 6.04 Å². The summed E-state index contributed by atoms with van der Waals surface area (Å²) >= 11 is 13.9. The van der Waals surface area contributed by atoms with E-state index in [4.69, 9.17) is 23.8 Å². The van der Waals surface area contributed by atoms with Crippen molar-refractivity contribution >= 4 is 46.0 Å². The second-order valence-corrected chi connectivity index (χ2v) is 8.41. The fourth-order valence-electron chi connectivity index (χ4n) is 2.97. The SMILES string of the molecule is Cc1c(Cl)cccc1NC(=S)N(Cc1ccccc1)[C@@H](C)Cc1cccs1. The van der Waals surface area contributed by atoms with Gasteiger partial charge in [-0.05, 0) is 60.8 Å². The minimum atomic E-state index is 0.267. The van der Waals surface area contributed by atoms with E-state index in [1.165, 1.54) is 10.4 Å². The Kier molecular flexibility index (Phi) is 6.89. The van der Waals surface area contributed by atoms with Crippen molar-refractivity contribution in [2.45, 2.75) is 32.9 Å². The van der Waals surface area contributed by atoms with Crippen molar-refractivity contribution in [1.29, 1.82) is 0 Å². The molecule has 0 saturated carbocycles. The number of thiocarbonyl (C=S) groups is 1. The highest BCUT2D eigenvalue weighted by atomic mass is 35.5. The molecular formula is C22H23ClN2S2. The van der Waals surface area contributed by atoms with Crippen LogP contribution in [0.4, 0.5) is 5.69 Å². The number of hydrogen-bond donors (Lipinski definition) is 1. The van der Waals surface area contributed by atoms with Gasteiger partial charge in [-0.25, -0.2) is 0 Å². The second kappa shape index (κ2) is 9.36. The zero-order valence-corrected chi connectivity index (χ0v) is 17.9. The maximum Gasteiger partial charge on any atom is 0.173 e. The highest BCUT2D eigenvalue weighted by molar-refractivity contribution is 7.80. The fourth-order valence-corrected chi connectivity index (χ4v) is 4.32. The average molecular weight is 415 g/mol. The number of benzene rings is 2. The maximum absolute atomic E-state index is 6.27. The summed E-state index contributed by atoms with van der Waals surface area (Å²) in [5.41, 5.74) is 3.20. The van der Waals surface area contributed by atoms with Gasteiger partial charge in [0.2, 0.25) is 0 Å². The zero-order valence-electron chi connectivity index (χ0n) is 15.5. The molecule has 0 unspecified atom stereocenters. The van der Waals surface area contributed by atoms with Gasteiger partial charge in [0.1, 0.15) is 0 Å². The lowest BCUT2D eigenvalue weighted by Gasteiger charge is -2.32. The molecule has 0 saturated heterocycles. The first kappa shape index (κ1) is 19.9. The Morgan fingerprint density at radius 2 is 1.89 bits per heavy atom. The van der Waals surface area contributed by atoms with E-state index in [1.54, 1.807) is 11.3 Å². The van der Waals surface area contributed by atoms with Gasteiger partial charge in [-0.15, -0.1) is 11.3 Å². The van der Waals surface area contributed by atoms with Gasteiger partial charge in [0.05, 0.1) is 0 Å². The molecule has 140 valence electrons. The van der Waals surface area contributed by atoms with Crippen LogP contribution in [0.5, 0.6) is 0 Å². The Hall–Kier alpha value is -1.88. The fraction of sp³-hybridized carbons (Fsp3) is 0.227. The van der Waals surface area contributed by atoms with E-state index in [0.717, 1.165) is 29.2 Å². The summed E-state index contributed by atoms with van der Waals surface area (Å²) in [6.45, 7) is 4.99. The third-order valence-electron chi connectivity index (χ3n) is 4.57. The first-order valence-corrected chi connectivity index (χ1v) is 10.6. The van der Waals surface area contributed by atoms with Gasteiger partial charge in [0, 0.05) is 34.6 Å². The Morgan fingerprint density at radius 3 is 2.59 bits per heavy atom. The molecule has 1 N–H and O–H groups in total. The standard InChI is InChI=1S/C22H23ClN2S2/c1-16(14-19-10-7-13-27-19)25(15-18-8-4-3-5-9-18)22(26)24-21-12-6-11-20(23)17(21)2/h3-13,16H,14-15H2,1-2H3,(H,24,26)/t16-/m0/s1. The molecule has 3 rings (SSSR count). The van der Waals surface area contributed by atoms with Gasteiger partial charge in [-0.2, -0.15) is 0 Å². The number of anilines is 1. The monoisotopic (exact) mass is 414 g/mol. The van der Waals surface area contributed by atoms with E-state index in [9.17, 15) is 0 Å². The van der Waals surface area contributed by atoms with Crippen molar-refractivity contribution in [2.75, 3.05) is 5.32 Å². The highest BCUT2D eigenvalue weighted by Crippen LogP contribution is 2.24. The lowest BCUT2D eigenvalue weighted by molar-refractivity contribution is 0.326. The summed E-state index contributed by atoms with van der Waals surface area (Å²) in [6.07, 6.45) is 0.959. The molecule has 5 heteroatoms. The van der Waals surface area contributed by atoms with Crippen LogP contribution in [-0.4, -0.2) is 16.1 Å². The topological polar surface area (TPSA) is 15.3 Å². The summed E-state index contributed by atoms with van der Waals surface area (Å²) < 4.78 is 0. The molecule has 2 nitrogen and oxygen atoms in total. The summed E-state index contributed by atoms with van der Waals surface area (Å²) in [5.74, 6) is 0. The summed E-state index contributed by atoms with van der Waals surface area (Å²) in [6, 6.07) is 20.8. The molecule has 2 aromatic carbocycles. The molecule has 0 bridgehead atoms. The molecule has 27 heavy (non-hydrogen) atoms. The quantitative estimate of drug-likeness (QED) is 0.461. The Bertz CT molecular complexity index is 879. The molecule has 0 aliphatic heterocycles. The number of thiophene rings is 1. The minimum absolute atomic E-state index is 0.267. The van der Waals surface area contributed by atoms with Crippen molar-refractivity contribution in [1.82, 2.24) is 4.90 Å². The van der Waals surface area contributed by atoms with E-state index in [2.05, 4.69) is 58.9 Å². The van der Waals surface area contributed by atoms with Gasteiger partial charge in [0.25, 0.3) is 0 Å². The number of nitrogens with zero attached hydrogens (tertiary/aromatic N) is 1. The van der Waals surface area contributed by atoms with Crippen LogP contribution in [0.1, 0.15) is 22.9 Å². The van der Waals surface area contributed by atoms with Crippen LogP contribution >= 0.6 is 35.2 Å². The predicted molar refractivity (Wildman–Crippen MR) is 122 cm³/mol. The maximum atomic E-state index is 6.27. The Morgan fingerprint density at radius 1 is 1.11 bits per heavy atom. The van der Waals surface area contributed by atoms with Gasteiger partial charge >= 0.3 is 0 Å². The number of hydrogen-bond acceptors (Lipinski definition) is 2. The van der Waals surface area contributed by atoms with Crippen LogP contribution in [0.15, 0.2) is 66.0 Å². The second-order valence-electron chi connectivity index (χ2n) is 6.59. The van der Waals surface area contributed by atoms with E-state index in [0.29, 0.717) is 5.11 Å². The van der Waals surface area contributed by atoms with Crippen LogP contribution in [0.25, 0.3) is 0 Å². The van der Waals surface area contributed by atoms with E-state index in [1.807, 2.05) is 31.2 Å². The summed E-state index contributed by atoms with van der Waals surface area (Å²) in [5, 5.41) is 6.98. The number of nitrogens with one attached hydrogen (secondary N) is 1. The van der Waals surface area contributed by atoms with Gasteiger partial charge < -0.3 is 10.2 Å². The number of halogens is 1. The van der Waals surface area contributed by atoms with Gasteiger partial charge in [-0.1, -0.05) is 54.1 Å². The van der Waals surface area contributed by atoms with E-state index >= 15 is 0 Å². The average Bonchev–Trinajstić information content (AvgIpc) is 3.17. The molecule has 1 heterocycles. The molecule has 0 amide bonds. The lowest BCUT2D eigenvalue weighted by atomic mass is 10.1. The van der Waals surface area contributed by atoms with Gasteiger partial charge in [-0.3, -0.25) is 0 Å². The molecule has 0 spiro atoms. The van der Waals surface area contributed by atoms with Crippen molar-refractivity contribution in [3.05, 3.63) is 87.1 Å². The highest BCUT2D eigenvalue weighted by Gasteiger charge is 2.19. The molecule has 0 fully saturated rings. The summed E-state index contributed by atoms with van der Waals surface area (Å²) in [4.78, 5) is 3.62. The van der Waals surface area contributed by atoms with Crippen LogP contribution in [0, 0.1) is 6.92 Å². The molecule has 0 radical (unpaired) electrons.